The lowest BCUT2D eigenvalue weighted by Crippen LogP contribution is -2.43. The molecule has 3 N–H and O–H groups in total. The van der Waals surface area contributed by atoms with Gasteiger partial charge in [-0.2, -0.15) is 0 Å². The average molecular weight is 508 g/mol. The van der Waals surface area contributed by atoms with Gasteiger partial charge in [0.25, 0.3) is 0 Å². The first-order chi connectivity index (χ1) is 12.6. The first kappa shape index (κ1) is 22.6. The smallest absolute Gasteiger partial charge is 0.188 e. The lowest BCUT2D eigenvalue weighted by molar-refractivity contribution is 0.0523. The molecule has 3 rings (SSSR count). The number of rotatable bonds is 5. The highest BCUT2D eigenvalue weighted by atomic mass is 127. The zero-order valence-electron chi connectivity index (χ0n) is 16.0. The summed E-state index contributed by atoms with van der Waals surface area (Å²) >= 11 is 6.29. The molecule has 0 radical (unpaired) electrons. The molecule has 1 aromatic carbocycles. The number of aliphatic imine (C=N–C) groups is 1. The zero-order valence-corrected chi connectivity index (χ0v) is 19.1. The molecule has 2 aliphatic rings. The molecule has 0 atom stereocenters. The number of nitrogens with two attached hydrogens (primary N) is 1. The van der Waals surface area contributed by atoms with Gasteiger partial charge in [-0.15, -0.1) is 24.0 Å². The number of hydrogen-bond donors (Lipinski definition) is 2. The highest BCUT2D eigenvalue weighted by Gasteiger charge is 2.37. The van der Waals surface area contributed by atoms with E-state index in [4.69, 9.17) is 31.8 Å². The third-order valence-corrected chi connectivity index (χ3v) is 5.93. The van der Waals surface area contributed by atoms with E-state index in [1.807, 2.05) is 18.2 Å². The second-order valence-electron chi connectivity index (χ2n) is 7.42. The van der Waals surface area contributed by atoms with Crippen molar-refractivity contribution in [3.8, 4) is 5.75 Å². The average Bonchev–Trinajstić information content (AvgIpc) is 2.68. The lowest BCUT2D eigenvalue weighted by Gasteiger charge is -2.37. The SMILES string of the molecule is COc1ccc(Cl)cc1C1(CN=C(N)NC2CCCCC2)CCOCC1.I. The molecule has 0 spiro atoms. The topological polar surface area (TPSA) is 68.9 Å². The summed E-state index contributed by atoms with van der Waals surface area (Å²) in [6.07, 6.45) is 7.98. The Hall–Kier alpha value is -0.730. The van der Waals surface area contributed by atoms with E-state index in [-0.39, 0.29) is 29.4 Å². The Morgan fingerprint density at radius 3 is 2.67 bits per heavy atom. The minimum atomic E-state index is -0.159. The van der Waals surface area contributed by atoms with Gasteiger partial charge in [0.05, 0.1) is 13.7 Å². The van der Waals surface area contributed by atoms with Gasteiger partial charge >= 0.3 is 0 Å². The Balaban J connectivity index is 0.00000261. The summed E-state index contributed by atoms with van der Waals surface area (Å²) in [5, 5.41) is 4.12. The molecule has 1 heterocycles. The number of ether oxygens (including phenoxy) is 2. The van der Waals surface area contributed by atoms with E-state index in [9.17, 15) is 0 Å². The van der Waals surface area contributed by atoms with E-state index in [1.165, 1.54) is 32.1 Å². The second-order valence-corrected chi connectivity index (χ2v) is 7.85. The van der Waals surface area contributed by atoms with Gasteiger partial charge in [0.15, 0.2) is 5.96 Å². The van der Waals surface area contributed by atoms with Crippen molar-refractivity contribution in [2.24, 2.45) is 10.7 Å². The summed E-state index contributed by atoms with van der Waals surface area (Å²) in [7, 11) is 1.70. The van der Waals surface area contributed by atoms with E-state index in [0.29, 0.717) is 36.8 Å². The van der Waals surface area contributed by atoms with Gasteiger partial charge in [-0.25, -0.2) is 0 Å². The molecule has 152 valence electrons. The highest BCUT2D eigenvalue weighted by molar-refractivity contribution is 14.0. The van der Waals surface area contributed by atoms with Crippen LogP contribution in [0.3, 0.4) is 0 Å². The van der Waals surface area contributed by atoms with E-state index in [0.717, 1.165) is 24.2 Å². The maximum absolute atomic E-state index is 6.29. The summed E-state index contributed by atoms with van der Waals surface area (Å²) < 4.78 is 11.2. The third-order valence-electron chi connectivity index (χ3n) is 5.69. The van der Waals surface area contributed by atoms with Gasteiger partial charge in [-0.1, -0.05) is 30.9 Å². The fraction of sp³-hybridized carbons (Fsp3) is 0.650. The van der Waals surface area contributed by atoms with Crippen LogP contribution in [0.25, 0.3) is 0 Å². The van der Waals surface area contributed by atoms with Crippen LogP contribution in [0.5, 0.6) is 5.75 Å². The molecule has 1 saturated carbocycles. The third kappa shape index (κ3) is 5.87. The van der Waals surface area contributed by atoms with Crippen molar-refractivity contribution in [1.82, 2.24) is 5.32 Å². The molecule has 0 aromatic heterocycles. The highest BCUT2D eigenvalue weighted by Crippen LogP contribution is 2.41. The van der Waals surface area contributed by atoms with Crippen molar-refractivity contribution < 1.29 is 9.47 Å². The van der Waals surface area contributed by atoms with E-state index in [2.05, 4.69) is 5.32 Å². The molecule has 0 amide bonds. The first-order valence-corrected chi connectivity index (χ1v) is 9.99. The molecule has 1 aliphatic carbocycles. The van der Waals surface area contributed by atoms with Crippen LogP contribution in [0.1, 0.15) is 50.5 Å². The lowest BCUT2D eigenvalue weighted by atomic mass is 9.73. The number of nitrogens with zero attached hydrogens (tertiary/aromatic N) is 1. The van der Waals surface area contributed by atoms with Crippen LogP contribution in [0.2, 0.25) is 5.02 Å². The van der Waals surface area contributed by atoms with Crippen LogP contribution in [0, 0.1) is 0 Å². The van der Waals surface area contributed by atoms with Crippen molar-refractivity contribution in [3.63, 3.8) is 0 Å². The molecule has 1 aliphatic heterocycles. The van der Waals surface area contributed by atoms with Crippen molar-refractivity contribution in [2.75, 3.05) is 26.9 Å². The van der Waals surface area contributed by atoms with Crippen LogP contribution in [-0.4, -0.2) is 38.9 Å². The summed E-state index contributed by atoms with van der Waals surface area (Å²) in [5.41, 5.74) is 7.15. The minimum Gasteiger partial charge on any atom is -0.496 e. The maximum Gasteiger partial charge on any atom is 0.188 e. The van der Waals surface area contributed by atoms with E-state index >= 15 is 0 Å². The second kappa shape index (κ2) is 10.7. The minimum absolute atomic E-state index is 0. The first-order valence-electron chi connectivity index (χ1n) is 9.61. The van der Waals surface area contributed by atoms with E-state index in [1.54, 1.807) is 7.11 Å². The molecular formula is C20H31ClIN3O2. The largest absolute Gasteiger partial charge is 0.496 e. The molecule has 1 aromatic rings. The molecule has 7 heteroatoms. The quantitative estimate of drug-likeness (QED) is 0.355. The molecule has 2 fully saturated rings. The Labute approximate surface area is 184 Å². The van der Waals surface area contributed by atoms with Crippen LogP contribution < -0.4 is 15.8 Å². The maximum atomic E-state index is 6.29. The van der Waals surface area contributed by atoms with Crippen molar-refractivity contribution in [3.05, 3.63) is 28.8 Å². The summed E-state index contributed by atoms with van der Waals surface area (Å²) in [5.74, 6) is 1.40. The van der Waals surface area contributed by atoms with Crippen LogP contribution in [0.15, 0.2) is 23.2 Å². The van der Waals surface area contributed by atoms with Crippen LogP contribution in [0.4, 0.5) is 0 Å². The predicted molar refractivity (Wildman–Crippen MR) is 122 cm³/mol. The standard InChI is InChI=1S/C20H30ClN3O2.HI/c1-25-18-8-7-15(21)13-17(18)20(9-11-26-12-10-20)14-23-19(22)24-16-5-3-2-4-6-16;/h7-8,13,16H,2-6,9-12,14H2,1H3,(H3,22,23,24);1H. The Morgan fingerprint density at radius 2 is 2.00 bits per heavy atom. The van der Waals surface area contributed by atoms with Crippen LogP contribution in [-0.2, 0) is 10.2 Å². The molecule has 0 bridgehead atoms. The van der Waals surface area contributed by atoms with Gasteiger partial charge in [0.1, 0.15) is 5.75 Å². The van der Waals surface area contributed by atoms with Gasteiger partial charge in [0.2, 0.25) is 0 Å². The van der Waals surface area contributed by atoms with Gasteiger partial charge < -0.3 is 20.5 Å². The molecule has 0 unspecified atom stereocenters. The number of nitrogens with one attached hydrogen (secondary N) is 1. The number of halogens is 2. The summed E-state index contributed by atoms with van der Waals surface area (Å²) in [6, 6.07) is 6.26. The fourth-order valence-electron chi connectivity index (χ4n) is 4.11. The summed E-state index contributed by atoms with van der Waals surface area (Å²) in [6.45, 7) is 2.03. The molecule has 27 heavy (non-hydrogen) atoms. The number of hydrogen-bond acceptors (Lipinski definition) is 3. The predicted octanol–water partition coefficient (Wildman–Crippen LogP) is 4.25. The van der Waals surface area contributed by atoms with Gasteiger partial charge in [-0.3, -0.25) is 4.99 Å². The Kier molecular flexibility index (Phi) is 8.95. The number of benzene rings is 1. The van der Waals surface area contributed by atoms with Crippen molar-refractivity contribution >= 4 is 41.5 Å². The fourth-order valence-corrected chi connectivity index (χ4v) is 4.28. The summed E-state index contributed by atoms with van der Waals surface area (Å²) in [4.78, 5) is 4.72. The van der Waals surface area contributed by atoms with Crippen LogP contribution >= 0.6 is 35.6 Å². The molecule has 1 saturated heterocycles. The van der Waals surface area contributed by atoms with Crippen molar-refractivity contribution in [2.45, 2.75) is 56.4 Å². The number of guanidine groups is 1. The van der Waals surface area contributed by atoms with E-state index < -0.39 is 0 Å². The van der Waals surface area contributed by atoms with Gasteiger partial charge in [0, 0.05) is 35.3 Å². The Morgan fingerprint density at radius 1 is 1.30 bits per heavy atom. The monoisotopic (exact) mass is 507 g/mol. The molecule has 5 nitrogen and oxygen atoms in total. The van der Waals surface area contributed by atoms with Gasteiger partial charge in [-0.05, 0) is 43.9 Å². The normalized spacial score (nSPS) is 20.6. The zero-order chi connectivity index (χ0) is 18.4. The van der Waals surface area contributed by atoms with Crippen molar-refractivity contribution in [1.29, 1.82) is 0 Å². The molecular weight excluding hydrogens is 477 g/mol. The number of methoxy groups -OCH3 is 1. The Bertz CT molecular complexity index is 630.